The molecule has 0 radical (unpaired) electrons. The van der Waals surface area contributed by atoms with Crippen molar-refractivity contribution in [3.05, 3.63) is 23.8 Å². The van der Waals surface area contributed by atoms with Gasteiger partial charge < -0.3 is 0 Å². The number of carbonyl (C=O) groups excluding carboxylic acids is 1. The largest absolute Gasteiger partial charge is 0.372 e. The molecule has 0 atom stereocenters. The second kappa shape index (κ2) is 6.15. The molecule has 0 aromatic carbocycles. The molecule has 0 bridgehead atoms. The van der Waals surface area contributed by atoms with Crippen LogP contribution in [0.1, 0.15) is 58.3 Å². The van der Waals surface area contributed by atoms with Crippen LogP contribution in [0.2, 0.25) is 0 Å². The first-order valence-corrected chi connectivity index (χ1v) is 7.31. The number of aromatic nitrogens is 6. The first-order valence-electron chi connectivity index (χ1n) is 7.31. The number of nitrogens with zero attached hydrogens (tertiary/aromatic N) is 6. The molecule has 7 nitrogen and oxygen atoms in total. The summed E-state index contributed by atoms with van der Waals surface area (Å²) in [5.41, 5.74) is 1.52. The SMILES string of the molecule is CCCCCc1nnn(C(=O)n2ccnn2)c1C(C)(C)C. The number of aryl methyl sites for hydroxylation is 1. The standard InChI is InChI=1S/C14H22N6O/c1-5-6-7-8-11-12(14(2,3)4)20(18-16-11)13(21)19-10-9-15-17-19/h9-10H,5-8H2,1-4H3. The maximum atomic E-state index is 12.4. The molecular weight excluding hydrogens is 268 g/mol. The van der Waals surface area contributed by atoms with Crippen LogP contribution in [0, 0.1) is 0 Å². The molecule has 0 saturated heterocycles. The van der Waals surface area contributed by atoms with Crippen LogP contribution in [-0.2, 0) is 11.8 Å². The van der Waals surface area contributed by atoms with Crippen molar-refractivity contribution < 1.29 is 4.79 Å². The zero-order chi connectivity index (χ0) is 15.5. The lowest BCUT2D eigenvalue weighted by molar-refractivity contribution is 0.235. The van der Waals surface area contributed by atoms with Gasteiger partial charge in [0.05, 0.1) is 23.8 Å². The van der Waals surface area contributed by atoms with E-state index in [2.05, 4.69) is 48.3 Å². The Kier molecular flexibility index (Phi) is 4.50. The highest BCUT2D eigenvalue weighted by atomic mass is 16.2. The van der Waals surface area contributed by atoms with Crippen molar-refractivity contribution in [1.82, 2.24) is 30.0 Å². The summed E-state index contributed by atoms with van der Waals surface area (Å²) in [6, 6.07) is -0.355. The number of rotatable bonds is 4. The Labute approximate surface area is 124 Å². The van der Waals surface area contributed by atoms with Gasteiger partial charge in [-0.25, -0.2) is 4.79 Å². The van der Waals surface area contributed by atoms with E-state index in [1.165, 1.54) is 21.8 Å². The summed E-state index contributed by atoms with van der Waals surface area (Å²) in [4.78, 5) is 12.4. The Bertz CT molecular complexity index is 594. The third-order valence-electron chi connectivity index (χ3n) is 3.27. The molecule has 2 aromatic heterocycles. The molecule has 0 amide bonds. The zero-order valence-corrected chi connectivity index (χ0v) is 13.1. The number of carbonyl (C=O) groups is 1. The summed E-state index contributed by atoms with van der Waals surface area (Å²) >= 11 is 0. The Hall–Kier alpha value is -2.05. The highest BCUT2D eigenvalue weighted by Gasteiger charge is 2.28. The predicted octanol–water partition coefficient (Wildman–Crippen LogP) is 2.42. The molecule has 2 heterocycles. The summed E-state index contributed by atoms with van der Waals surface area (Å²) < 4.78 is 2.51. The van der Waals surface area contributed by atoms with Crippen LogP contribution in [0.3, 0.4) is 0 Å². The molecule has 0 spiro atoms. The van der Waals surface area contributed by atoms with Crippen molar-refractivity contribution in [1.29, 1.82) is 0 Å². The fraction of sp³-hybridized carbons (Fsp3) is 0.643. The van der Waals surface area contributed by atoms with Gasteiger partial charge in [-0.3, -0.25) is 0 Å². The summed E-state index contributed by atoms with van der Waals surface area (Å²) in [6.45, 7) is 8.33. The van der Waals surface area contributed by atoms with Crippen LogP contribution in [0.5, 0.6) is 0 Å². The third-order valence-corrected chi connectivity index (χ3v) is 3.27. The molecule has 0 aliphatic carbocycles. The summed E-state index contributed by atoms with van der Waals surface area (Å²) in [5, 5.41) is 15.6. The van der Waals surface area contributed by atoms with Crippen molar-refractivity contribution in [3.63, 3.8) is 0 Å². The average molecular weight is 290 g/mol. The smallest absolute Gasteiger partial charge is 0.243 e. The molecular formula is C14H22N6O. The molecule has 2 aromatic rings. The van der Waals surface area contributed by atoms with Crippen molar-refractivity contribution in [2.24, 2.45) is 0 Å². The van der Waals surface area contributed by atoms with E-state index in [9.17, 15) is 4.79 Å². The van der Waals surface area contributed by atoms with Gasteiger partial charge in [0, 0.05) is 5.41 Å². The number of unbranched alkanes of at least 4 members (excludes halogenated alkanes) is 2. The van der Waals surface area contributed by atoms with E-state index in [0.717, 1.165) is 37.1 Å². The van der Waals surface area contributed by atoms with Crippen molar-refractivity contribution in [2.45, 2.75) is 58.8 Å². The second-order valence-electron chi connectivity index (χ2n) is 6.13. The van der Waals surface area contributed by atoms with Crippen molar-refractivity contribution >= 4 is 6.03 Å². The molecule has 0 unspecified atom stereocenters. The second-order valence-corrected chi connectivity index (χ2v) is 6.13. The number of hydrogen-bond donors (Lipinski definition) is 0. The van der Waals surface area contributed by atoms with Gasteiger partial charge in [0.2, 0.25) is 0 Å². The molecule has 7 heteroatoms. The quantitative estimate of drug-likeness (QED) is 0.808. The van der Waals surface area contributed by atoms with Crippen LogP contribution < -0.4 is 0 Å². The fourth-order valence-electron chi connectivity index (χ4n) is 2.32. The minimum absolute atomic E-state index is 0.221. The van der Waals surface area contributed by atoms with E-state index in [0.29, 0.717) is 0 Å². The molecule has 0 N–H and O–H groups in total. The lowest BCUT2D eigenvalue weighted by Gasteiger charge is -2.20. The normalized spacial score (nSPS) is 11.8. The van der Waals surface area contributed by atoms with Crippen LogP contribution in [0.4, 0.5) is 4.79 Å². The van der Waals surface area contributed by atoms with Crippen LogP contribution >= 0.6 is 0 Å². The molecule has 0 aliphatic rings. The van der Waals surface area contributed by atoms with Gasteiger partial charge in [-0.05, 0) is 12.8 Å². The first-order chi connectivity index (χ1) is 9.95. The minimum Gasteiger partial charge on any atom is -0.243 e. The van der Waals surface area contributed by atoms with Gasteiger partial charge >= 0.3 is 6.03 Å². The van der Waals surface area contributed by atoms with E-state index < -0.39 is 0 Å². The van der Waals surface area contributed by atoms with Crippen LogP contribution in [0.25, 0.3) is 0 Å². The molecule has 114 valence electrons. The fourth-order valence-corrected chi connectivity index (χ4v) is 2.32. The lowest BCUT2D eigenvalue weighted by atomic mass is 9.89. The first kappa shape index (κ1) is 15.3. The average Bonchev–Trinajstić information content (AvgIpc) is 3.07. The van der Waals surface area contributed by atoms with E-state index >= 15 is 0 Å². The van der Waals surface area contributed by atoms with Crippen molar-refractivity contribution in [2.75, 3.05) is 0 Å². The number of hydrogen-bond acceptors (Lipinski definition) is 5. The molecule has 0 saturated carbocycles. The monoisotopic (exact) mass is 290 g/mol. The zero-order valence-electron chi connectivity index (χ0n) is 13.1. The van der Waals surface area contributed by atoms with Crippen LogP contribution in [0.15, 0.2) is 12.4 Å². The summed E-state index contributed by atoms with van der Waals surface area (Å²) in [6.07, 6.45) is 7.16. The summed E-state index contributed by atoms with van der Waals surface area (Å²) in [5.74, 6) is 0. The maximum absolute atomic E-state index is 12.4. The van der Waals surface area contributed by atoms with E-state index in [1.54, 1.807) is 0 Å². The van der Waals surface area contributed by atoms with Gasteiger partial charge in [0.1, 0.15) is 0 Å². The van der Waals surface area contributed by atoms with Crippen LogP contribution in [-0.4, -0.2) is 36.0 Å². The van der Waals surface area contributed by atoms with Crippen molar-refractivity contribution in [3.8, 4) is 0 Å². The Balaban J connectivity index is 2.35. The minimum atomic E-state index is -0.355. The van der Waals surface area contributed by atoms with E-state index in [1.807, 2.05) is 0 Å². The van der Waals surface area contributed by atoms with E-state index in [-0.39, 0.29) is 11.4 Å². The van der Waals surface area contributed by atoms with E-state index in [4.69, 9.17) is 0 Å². The van der Waals surface area contributed by atoms with Gasteiger partial charge in [-0.1, -0.05) is 51.0 Å². The maximum Gasteiger partial charge on any atom is 0.372 e. The molecule has 0 aliphatic heterocycles. The highest BCUT2D eigenvalue weighted by Crippen LogP contribution is 2.25. The molecule has 2 rings (SSSR count). The Morgan fingerprint density at radius 1 is 1.24 bits per heavy atom. The third kappa shape index (κ3) is 3.34. The summed E-state index contributed by atoms with van der Waals surface area (Å²) in [7, 11) is 0. The Morgan fingerprint density at radius 2 is 2.00 bits per heavy atom. The van der Waals surface area contributed by atoms with Gasteiger partial charge in [-0.15, -0.1) is 10.2 Å². The van der Waals surface area contributed by atoms with Gasteiger partial charge in [0.15, 0.2) is 0 Å². The molecule has 21 heavy (non-hydrogen) atoms. The topological polar surface area (TPSA) is 78.5 Å². The van der Waals surface area contributed by atoms with Gasteiger partial charge in [-0.2, -0.15) is 9.36 Å². The predicted molar refractivity (Wildman–Crippen MR) is 78.2 cm³/mol. The molecule has 0 fully saturated rings. The lowest BCUT2D eigenvalue weighted by Crippen LogP contribution is -2.28. The highest BCUT2D eigenvalue weighted by molar-refractivity contribution is 5.78. The van der Waals surface area contributed by atoms with Gasteiger partial charge in [0.25, 0.3) is 0 Å². The Morgan fingerprint density at radius 3 is 2.57 bits per heavy atom.